The summed E-state index contributed by atoms with van der Waals surface area (Å²) in [6.45, 7) is 11.6. The zero-order valence-corrected chi connectivity index (χ0v) is 7.21. The van der Waals surface area contributed by atoms with Crippen LogP contribution in [0.1, 0.15) is 41.0 Å². The van der Waals surface area contributed by atoms with E-state index in [0.717, 1.165) is 0 Å². The largest absolute Gasteiger partial charge is 0.0596 e. The van der Waals surface area contributed by atoms with Gasteiger partial charge in [0.05, 0.1) is 0 Å². The standard InChI is InChI=1S/C9H17/c1-7-6-9(7,5)8(2,3)4/h6H2,1-5H3. The van der Waals surface area contributed by atoms with E-state index in [1.807, 2.05) is 0 Å². The second kappa shape index (κ2) is 1.53. The van der Waals surface area contributed by atoms with Crippen LogP contribution in [-0.4, -0.2) is 0 Å². The molecule has 1 fully saturated rings. The van der Waals surface area contributed by atoms with E-state index in [4.69, 9.17) is 0 Å². The maximum Gasteiger partial charge on any atom is -0.0202 e. The fourth-order valence-corrected chi connectivity index (χ4v) is 1.39. The Morgan fingerprint density at radius 1 is 1.33 bits per heavy atom. The summed E-state index contributed by atoms with van der Waals surface area (Å²) in [7, 11) is 0. The first-order chi connectivity index (χ1) is 3.88. The minimum absolute atomic E-state index is 0.483. The lowest BCUT2D eigenvalue weighted by Crippen LogP contribution is -2.19. The molecule has 0 spiro atoms. The highest BCUT2D eigenvalue weighted by Crippen LogP contribution is 2.64. The Labute approximate surface area is 58.7 Å². The summed E-state index contributed by atoms with van der Waals surface area (Å²) in [5, 5.41) is 0. The minimum Gasteiger partial charge on any atom is -0.0596 e. The van der Waals surface area contributed by atoms with Gasteiger partial charge in [0.1, 0.15) is 0 Å². The fourth-order valence-electron chi connectivity index (χ4n) is 1.39. The first kappa shape index (κ1) is 7.11. The summed E-state index contributed by atoms with van der Waals surface area (Å²) in [5.74, 6) is 1.68. The van der Waals surface area contributed by atoms with Crippen molar-refractivity contribution in [2.75, 3.05) is 0 Å². The van der Waals surface area contributed by atoms with Gasteiger partial charge in [0.25, 0.3) is 0 Å². The Hall–Kier alpha value is 0. The van der Waals surface area contributed by atoms with Crippen molar-refractivity contribution in [1.29, 1.82) is 0 Å². The molecule has 1 radical (unpaired) electrons. The Morgan fingerprint density at radius 3 is 1.67 bits per heavy atom. The third-order valence-corrected chi connectivity index (χ3v) is 3.09. The lowest BCUT2D eigenvalue weighted by atomic mass is 9.78. The van der Waals surface area contributed by atoms with E-state index in [1.54, 1.807) is 5.92 Å². The summed E-state index contributed by atoms with van der Waals surface area (Å²) in [4.78, 5) is 0. The van der Waals surface area contributed by atoms with E-state index in [0.29, 0.717) is 10.8 Å². The Kier molecular flexibility index (Phi) is 1.21. The Bertz CT molecular complexity index is 118. The summed E-state index contributed by atoms with van der Waals surface area (Å²) in [6.07, 6.45) is 1.34. The first-order valence-corrected chi connectivity index (χ1v) is 3.71. The third-order valence-electron chi connectivity index (χ3n) is 3.09. The van der Waals surface area contributed by atoms with E-state index in [1.165, 1.54) is 6.42 Å². The van der Waals surface area contributed by atoms with Gasteiger partial charge in [-0.3, -0.25) is 0 Å². The van der Waals surface area contributed by atoms with Crippen molar-refractivity contribution in [3.05, 3.63) is 5.92 Å². The van der Waals surface area contributed by atoms with Crippen LogP contribution in [0.3, 0.4) is 0 Å². The molecular formula is C9H17. The van der Waals surface area contributed by atoms with Crippen molar-refractivity contribution in [3.8, 4) is 0 Å². The van der Waals surface area contributed by atoms with Crippen LogP contribution >= 0.6 is 0 Å². The highest BCUT2D eigenvalue weighted by molar-refractivity contribution is 5.24. The molecule has 0 N–H and O–H groups in total. The van der Waals surface area contributed by atoms with Gasteiger partial charge < -0.3 is 0 Å². The second-order valence-corrected chi connectivity index (χ2v) is 4.54. The third kappa shape index (κ3) is 0.889. The Morgan fingerprint density at radius 2 is 1.67 bits per heavy atom. The van der Waals surface area contributed by atoms with Crippen molar-refractivity contribution in [2.24, 2.45) is 10.8 Å². The van der Waals surface area contributed by atoms with Gasteiger partial charge in [-0.2, -0.15) is 0 Å². The predicted octanol–water partition coefficient (Wildman–Crippen LogP) is 3.04. The van der Waals surface area contributed by atoms with E-state index in [2.05, 4.69) is 34.6 Å². The van der Waals surface area contributed by atoms with E-state index in [-0.39, 0.29) is 0 Å². The molecule has 1 unspecified atom stereocenters. The molecule has 53 valence electrons. The van der Waals surface area contributed by atoms with Crippen molar-refractivity contribution in [3.63, 3.8) is 0 Å². The van der Waals surface area contributed by atoms with Crippen LogP contribution in [0.2, 0.25) is 0 Å². The molecule has 0 heterocycles. The molecule has 1 aliphatic carbocycles. The van der Waals surface area contributed by atoms with Crippen LogP contribution in [-0.2, 0) is 0 Å². The number of hydrogen-bond donors (Lipinski definition) is 0. The number of rotatable bonds is 0. The fraction of sp³-hybridized carbons (Fsp3) is 0.889. The molecule has 1 rings (SSSR count). The molecular weight excluding hydrogens is 108 g/mol. The molecule has 9 heavy (non-hydrogen) atoms. The van der Waals surface area contributed by atoms with Gasteiger partial charge >= 0.3 is 0 Å². The zero-order chi connectivity index (χ0) is 7.28. The van der Waals surface area contributed by atoms with Crippen molar-refractivity contribution in [2.45, 2.75) is 41.0 Å². The minimum atomic E-state index is 0.483. The second-order valence-electron chi connectivity index (χ2n) is 4.54. The van der Waals surface area contributed by atoms with Gasteiger partial charge in [-0.15, -0.1) is 0 Å². The molecule has 0 aromatic carbocycles. The summed E-state index contributed by atoms with van der Waals surface area (Å²) in [5.41, 5.74) is 1.05. The van der Waals surface area contributed by atoms with Gasteiger partial charge in [0, 0.05) is 0 Å². The van der Waals surface area contributed by atoms with Crippen molar-refractivity contribution < 1.29 is 0 Å². The Balaban J connectivity index is 2.64. The average molecular weight is 125 g/mol. The van der Waals surface area contributed by atoms with E-state index < -0.39 is 0 Å². The first-order valence-electron chi connectivity index (χ1n) is 3.71. The smallest absolute Gasteiger partial charge is 0.0202 e. The molecule has 0 nitrogen and oxygen atoms in total. The molecule has 0 amide bonds. The molecule has 1 aliphatic rings. The highest BCUT2D eigenvalue weighted by atomic mass is 14.6. The van der Waals surface area contributed by atoms with Crippen LogP contribution in [0.15, 0.2) is 0 Å². The summed E-state index contributed by atoms with van der Waals surface area (Å²) < 4.78 is 0. The molecule has 0 aromatic heterocycles. The summed E-state index contributed by atoms with van der Waals surface area (Å²) >= 11 is 0. The molecule has 0 saturated heterocycles. The summed E-state index contributed by atoms with van der Waals surface area (Å²) in [6, 6.07) is 0. The number of hydrogen-bond acceptors (Lipinski definition) is 0. The molecule has 0 bridgehead atoms. The van der Waals surface area contributed by atoms with Crippen LogP contribution in [0, 0.1) is 16.7 Å². The lowest BCUT2D eigenvalue weighted by Gasteiger charge is -2.27. The van der Waals surface area contributed by atoms with Gasteiger partial charge in [-0.1, -0.05) is 34.6 Å². The average Bonchev–Trinajstić information content (AvgIpc) is 2.13. The van der Waals surface area contributed by atoms with Crippen molar-refractivity contribution in [1.82, 2.24) is 0 Å². The van der Waals surface area contributed by atoms with Gasteiger partial charge in [-0.25, -0.2) is 0 Å². The monoisotopic (exact) mass is 125 g/mol. The maximum absolute atomic E-state index is 2.36. The van der Waals surface area contributed by atoms with Crippen LogP contribution in [0.25, 0.3) is 0 Å². The molecule has 1 atom stereocenters. The van der Waals surface area contributed by atoms with Crippen LogP contribution in [0.5, 0.6) is 0 Å². The van der Waals surface area contributed by atoms with Gasteiger partial charge in [0.2, 0.25) is 0 Å². The maximum atomic E-state index is 2.36. The predicted molar refractivity (Wildman–Crippen MR) is 41.1 cm³/mol. The van der Waals surface area contributed by atoms with Crippen LogP contribution in [0.4, 0.5) is 0 Å². The topological polar surface area (TPSA) is 0 Å². The van der Waals surface area contributed by atoms with E-state index >= 15 is 0 Å². The van der Waals surface area contributed by atoms with Gasteiger partial charge in [-0.05, 0) is 23.2 Å². The van der Waals surface area contributed by atoms with E-state index in [9.17, 15) is 0 Å². The van der Waals surface area contributed by atoms with Gasteiger partial charge in [0.15, 0.2) is 0 Å². The molecule has 0 heteroatoms. The zero-order valence-electron chi connectivity index (χ0n) is 7.21. The quantitative estimate of drug-likeness (QED) is 0.467. The highest BCUT2D eigenvalue weighted by Gasteiger charge is 2.54. The molecule has 0 aromatic rings. The normalized spacial score (nSPS) is 37.0. The lowest BCUT2D eigenvalue weighted by molar-refractivity contribution is 0.244. The van der Waals surface area contributed by atoms with Crippen LogP contribution < -0.4 is 0 Å². The molecule has 1 saturated carbocycles. The molecule has 0 aliphatic heterocycles. The SMILES string of the molecule is C[C]1CC1(C)C(C)(C)C. The van der Waals surface area contributed by atoms with Crippen molar-refractivity contribution >= 4 is 0 Å².